The molecule has 0 bridgehead atoms. The molecule has 0 saturated heterocycles. The lowest BCUT2D eigenvalue weighted by molar-refractivity contribution is 0.391. The van der Waals surface area contributed by atoms with Gasteiger partial charge in [0.25, 0.3) is 0 Å². The number of methoxy groups -OCH3 is 1. The average Bonchev–Trinajstić information content (AvgIpc) is 2.38. The van der Waals surface area contributed by atoms with Crippen molar-refractivity contribution < 1.29 is 4.74 Å². The topological polar surface area (TPSA) is 45.0 Å². The van der Waals surface area contributed by atoms with E-state index >= 15 is 0 Å². The third-order valence-electron chi connectivity index (χ3n) is 2.92. The minimum atomic E-state index is 0.185. The lowest BCUT2D eigenvalue weighted by Gasteiger charge is -2.22. The smallest absolute Gasteiger partial charge is 0.123 e. The number of hydrogen-bond acceptors (Lipinski definition) is 3. The molecule has 3 nitrogen and oxygen atoms in total. The fraction of sp³-hybridized carbons (Fsp3) is 0.500. The summed E-state index contributed by atoms with van der Waals surface area (Å²) in [5.41, 5.74) is 1.13. The van der Waals surface area contributed by atoms with Crippen LogP contribution in [-0.2, 0) is 0 Å². The summed E-state index contributed by atoms with van der Waals surface area (Å²) in [4.78, 5) is 0. The average molecular weight is 232 g/mol. The minimum Gasteiger partial charge on any atom is -0.496 e. The van der Waals surface area contributed by atoms with Gasteiger partial charge < -0.3 is 10.1 Å². The Morgan fingerprint density at radius 3 is 2.71 bits per heavy atom. The quantitative estimate of drug-likeness (QED) is 0.820. The number of nitrogens with one attached hydrogen (secondary N) is 1. The maximum Gasteiger partial charge on any atom is 0.123 e. The molecule has 0 fully saturated rings. The second-order valence-corrected chi connectivity index (χ2v) is 4.10. The van der Waals surface area contributed by atoms with Gasteiger partial charge in [-0.05, 0) is 19.4 Å². The van der Waals surface area contributed by atoms with Gasteiger partial charge in [-0.25, -0.2) is 0 Å². The molecule has 1 rings (SSSR count). The monoisotopic (exact) mass is 232 g/mol. The summed E-state index contributed by atoms with van der Waals surface area (Å²) in [5.74, 6) is 0.888. The van der Waals surface area contributed by atoms with Gasteiger partial charge in [0.1, 0.15) is 5.75 Å². The molecule has 1 aromatic carbocycles. The summed E-state index contributed by atoms with van der Waals surface area (Å²) in [6.45, 7) is 4.18. The summed E-state index contributed by atoms with van der Waals surface area (Å²) in [7, 11) is 1.68. The summed E-state index contributed by atoms with van der Waals surface area (Å²) < 4.78 is 5.34. The number of benzene rings is 1. The van der Waals surface area contributed by atoms with Crippen molar-refractivity contribution in [2.45, 2.75) is 38.8 Å². The lowest BCUT2D eigenvalue weighted by Crippen LogP contribution is -2.30. The highest BCUT2D eigenvalue weighted by Crippen LogP contribution is 2.25. The fourth-order valence-electron chi connectivity index (χ4n) is 1.90. The molecule has 2 atom stereocenters. The van der Waals surface area contributed by atoms with E-state index in [1.807, 2.05) is 18.2 Å². The predicted octanol–water partition coefficient (Wildman–Crippen LogP) is 3.04. The van der Waals surface area contributed by atoms with Crippen molar-refractivity contribution in [1.82, 2.24) is 5.32 Å². The second-order valence-electron chi connectivity index (χ2n) is 4.10. The van der Waals surface area contributed by atoms with Crippen molar-refractivity contribution in [2.75, 3.05) is 7.11 Å². The van der Waals surface area contributed by atoms with Crippen LogP contribution in [0.25, 0.3) is 0 Å². The Morgan fingerprint density at radius 1 is 1.41 bits per heavy atom. The summed E-state index contributed by atoms with van der Waals surface area (Å²) in [6, 6.07) is 10.6. The largest absolute Gasteiger partial charge is 0.496 e. The number of para-hydroxylation sites is 1. The van der Waals surface area contributed by atoms with Crippen molar-refractivity contribution in [3.05, 3.63) is 29.8 Å². The van der Waals surface area contributed by atoms with Crippen LogP contribution in [0.5, 0.6) is 5.75 Å². The normalized spacial score (nSPS) is 13.8. The van der Waals surface area contributed by atoms with Crippen molar-refractivity contribution in [3.8, 4) is 11.8 Å². The molecule has 0 aliphatic carbocycles. The fourth-order valence-corrected chi connectivity index (χ4v) is 1.90. The first-order chi connectivity index (χ1) is 8.22. The minimum absolute atomic E-state index is 0.185. The Bertz CT molecular complexity index is 384. The van der Waals surface area contributed by atoms with Crippen molar-refractivity contribution in [3.63, 3.8) is 0 Å². The molecule has 2 unspecified atom stereocenters. The molecule has 3 heteroatoms. The molecular weight excluding hydrogens is 212 g/mol. The van der Waals surface area contributed by atoms with Crippen molar-refractivity contribution in [1.29, 1.82) is 5.26 Å². The number of ether oxygens (including phenoxy) is 1. The van der Waals surface area contributed by atoms with E-state index in [2.05, 4.69) is 31.3 Å². The van der Waals surface area contributed by atoms with E-state index in [0.717, 1.165) is 17.7 Å². The van der Waals surface area contributed by atoms with Gasteiger partial charge >= 0.3 is 0 Å². The first-order valence-electron chi connectivity index (χ1n) is 5.98. The Kier molecular flexibility index (Phi) is 5.51. The zero-order chi connectivity index (χ0) is 12.7. The van der Waals surface area contributed by atoms with Gasteiger partial charge in [0.15, 0.2) is 0 Å². The van der Waals surface area contributed by atoms with E-state index in [1.165, 1.54) is 0 Å². The van der Waals surface area contributed by atoms with Gasteiger partial charge in [-0.3, -0.25) is 0 Å². The van der Waals surface area contributed by atoms with Gasteiger partial charge in [-0.2, -0.15) is 5.26 Å². The van der Waals surface area contributed by atoms with Crippen LogP contribution in [0.2, 0.25) is 0 Å². The third kappa shape index (κ3) is 3.76. The van der Waals surface area contributed by atoms with Crippen LogP contribution in [0.3, 0.4) is 0 Å². The van der Waals surface area contributed by atoms with Gasteiger partial charge in [0.2, 0.25) is 0 Å². The SMILES string of the molecule is CCC(CC#N)NC(C)c1ccccc1OC. The maximum absolute atomic E-state index is 8.74. The highest BCUT2D eigenvalue weighted by molar-refractivity contribution is 5.35. The molecule has 0 aliphatic heterocycles. The first kappa shape index (κ1) is 13.5. The predicted molar refractivity (Wildman–Crippen MR) is 68.9 cm³/mol. The molecule has 0 heterocycles. The molecule has 92 valence electrons. The van der Waals surface area contributed by atoms with Gasteiger partial charge in [0.05, 0.1) is 19.6 Å². The number of hydrogen-bond donors (Lipinski definition) is 1. The van der Waals surface area contributed by atoms with Gasteiger partial charge in [-0.15, -0.1) is 0 Å². The van der Waals surface area contributed by atoms with Crippen LogP contribution in [0.1, 0.15) is 38.3 Å². The molecule has 0 spiro atoms. The summed E-state index contributed by atoms with van der Waals surface area (Å²) in [5, 5.41) is 12.2. The maximum atomic E-state index is 8.74. The molecule has 0 aliphatic rings. The highest BCUT2D eigenvalue weighted by atomic mass is 16.5. The number of rotatable bonds is 6. The van der Waals surface area contributed by atoms with Gasteiger partial charge in [0, 0.05) is 17.6 Å². The summed E-state index contributed by atoms with van der Waals surface area (Å²) >= 11 is 0. The lowest BCUT2D eigenvalue weighted by atomic mass is 10.0. The van der Waals surface area contributed by atoms with E-state index in [4.69, 9.17) is 10.00 Å². The van der Waals surface area contributed by atoms with Crippen molar-refractivity contribution in [2.24, 2.45) is 0 Å². The van der Waals surface area contributed by atoms with Crippen LogP contribution in [0, 0.1) is 11.3 Å². The Labute approximate surface area is 103 Å². The van der Waals surface area contributed by atoms with Crippen LogP contribution in [-0.4, -0.2) is 13.2 Å². The zero-order valence-electron chi connectivity index (χ0n) is 10.7. The molecule has 0 radical (unpaired) electrons. The highest BCUT2D eigenvalue weighted by Gasteiger charge is 2.14. The third-order valence-corrected chi connectivity index (χ3v) is 2.92. The Hall–Kier alpha value is -1.53. The molecule has 1 aromatic rings. The van der Waals surface area contributed by atoms with Crippen molar-refractivity contribution >= 4 is 0 Å². The van der Waals surface area contributed by atoms with Crippen LogP contribution < -0.4 is 10.1 Å². The van der Waals surface area contributed by atoms with E-state index in [9.17, 15) is 0 Å². The molecule has 0 aromatic heterocycles. The van der Waals surface area contributed by atoms with Crippen LogP contribution in [0.4, 0.5) is 0 Å². The van der Waals surface area contributed by atoms with E-state index in [1.54, 1.807) is 7.11 Å². The first-order valence-corrected chi connectivity index (χ1v) is 5.98. The zero-order valence-corrected chi connectivity index (χ0v) is 10.7. The molecule has 0 amide bonds. The molecule has 17 heavy (non-hydrogen) atoms. The summed E-state index contributed by atoms with van der Waals surface area (Å²) in [6.07, 6.45) is 1.49. The molecule has 1 N–H and O–H groups in total. The van der Waals surface area contributed by atoms with Gasteiger partial charge in [-0.1, -0.05) is 25.1 Å². The molecular formula is C14H20N2O. The van der Waals surface area contributed by atoms with E-state index in [0.29, 0.717) is 6.42 Å². The Balaban J connectivity index is 2.75. The second kappa shape index (κ2) is 6.93. The van der Waals surface area contributed by atoms with Crippen LogP contribution >= 0.6 is 0 Å². The molecule has 0 saturated carbocycles. The standard InChI is InChI=1S/C14H20N2O/c1-4-12(9-10-15)16-11(2)13-7-5-6-8-14(13)17-3/h5-8,11-12,16H,4,9H2,1-3H3. The number of nitrogens with zero attached hydrogens (tertiary/aromatic N) is 1. The van der Waals surface area contributed by atoms with Crippen LogP contribution in [0.15, 0.2) is 24.3 Å². The Morgan fingerprint density at radius 2 is 2.12 bits per heavy atom. The number of nitriles is 1. The van der Waals surface area contributed by atoms with E-state index in [-0.39, 0.29) is 12.1 Å². The van der Waals surface area contributed by atoms with E-state index < -0.39 is 0 Å².